The molecule has 0 aliphatic rings. The summed E-state index contributed by atoms with van der Waals surface area (Å²) in [5.41, 5.74) is 0.155. The van der Waals surface area contributed by atoms with Crippen LogP contribution in [0.4, 0.5) is 5.69 Å². The van der Waals surface area contributed by atoms with Gasteiger partial charge in [-0.3, -0.25) is 4.79 Å². The van der Waals surface area contributed by atoms with Gasteiger partial charge in [0.25, 0.3) is 0 Å². The van der Waals surface area contributed by atoms with Crippen molar-refractivity contribution in [3.8, 4) is 0 Å². The van der Waals surface area contributed by atoms with Crippen molar-refractivity contribution in [2.45, 2.75) is 19.1 Å². The Morgan fingerprint density at radius 2 is 2.10 bits per heavy atom. The maximum Gasteiger partial charge on any atom is 0.331 e. The first-order valence-corrected chi connectivity index (χ1v) is 5.73. The van der Waals surface area contributed by atoms with Gasteiger partial charge >= 0.3 is 5.97 Å². The lowest BCUT2D eigenvalue weighted by atomic mass is 10.0. The molecule has 0 spiro atoms. The Morgan fingerprint density at radius 1 is 1.45 bits per heavy atom. The Hall–Kier alpha value is -2.00. The number of carbonyl (C=O) groups is 2. The van der Waals surface area contributed by atoms with Crippen LogP contribution >= 0.6 is 0 Å². The van der Waals surface area contributed by atoms with Crippen LogP contribution < -0.4 is 10.5 Å². The van der Waals surface area contributed by atoms with Crippen LogP contribution in [0.2, 0.25) is 0 Å². The SMILES string of the molecule is COC(=O)C(NC(C)=O)C(O)c1cccc([NH+]([O-])O)c1. The van der Waals surface area contributed by atoms with E-state index >= 15 is 0 Å². The van der Waals surface area contributed by atoms with Gasteiger partial charge in [-0.2, -0.15) is 5.23 Å². The van der Waals surface area contributed by atoms with Gasteiger partial charge in [0.2, 0.25) is 5.91 Å². The molecule has 1 amide bonds. The zero-order valence-corrected chi connectivity index (χ0v) is 11.0. The summed E-state index contributed by atoms with van der Waals surface area (Å²) in [6.45, 7) is 1.19. The maximum atomic E-state index is 11.6. The molecule has 1 aromatic carbocycles. The quantitative estimate of drug-likeness (QED) is 0.398. The van der Waals surface area contributed by atoms with Crippen molar-refractivity contribution in [1.82, 2.24) is 5.32 Å². The molecule has 1 aromatic rings. The van der Waals surface area contributed by atoms with Crippen LogP contribution in [-0.4, -0.2) is 35.3 Å². The van der Waals surface area contributed by atoms with E-state index in [1.165, 1.54) is 31.2 Å². The van der Waals surface area contributed by atoms with Gasteiger partial charge in [0, 0.05) is 19.1 Å². The van der Waals surface area contributed by atoms with Crippen LogP contribution in [0, 0.1) is 5.21 Å². The third kappa shape index (κ3) is 4.00. The molecule has 20 heavy (non-hydrogen) atoms. The molecule has 8 nitrogen and oxygen atoms in total. The van der Waals surface area contributed by atoms with Crippen molar-refractivity contribution in [1.29, 1.82) is 0 Å². The predicted octanol–water partition coefficient (Wildman–Crippen LogP) is -1.20. The molecule has 1 rings (SSSR count). The lowest BCUT2D eigenvalue weighted by molar-refractivity contribution is -0.991. The molecule has 0 aliphatic heterocycles. The largest absolute Gasteiger partial charge is 0.595 e. The standard InChI is InChI=1S/C12H16N2O6/c1-7(15)13-10(12(17)20-2)11(16)8-4-3-5-9(6-8)14(18)19/h3-6,10-11,14,16,18H,1-2H3,(H,13,15). The molecule has 0 saturated carbocycles. The number of nitrogens with one attached hydrogen (secondary N) is 2. The number of methoxy groups -OCH3 is 1. The van der Waals surface area contributed by atoms with Gasteiger partial charge in [-0.25, -0.2) is 10.0 Å². The lowest BCUT2D eigenvalue weighted by Crippen LogP contribution is -2.99. The fourth-order valence-corrected chi connectivity index (χ4v) is 1.66. The molecule has 0 saturated heterocycles. The Labute approximate surface area is 115 Å². The second kappa shape index (κ2) is 6.96. The summed E-state index contributed by atoms with van der Waals surface area (Å²) in [5.74, 6) is -1.35. The van der Waals surface area contributed by atoms with E-state index < -0.39 is 29.2 Å². The highest BCUT2D eigenvalue weighted by Gasteiger charge is 2.30. The second-order valence-electron chi connectivity index (χ2n) is 4.08. The lowest BCUT2D eigenvalue weighted by Gasteiger charge is -2.22. The minimum Gasteiger partial charge on any atom is -0.595 e. The van der Waals surface area contributed by atoms with Gasteiger partial charge in [0.1, 0.15) is 6.10 Å². The van der Waals surface area contributed by atoms with E-state index in [0.717, 1.165) is 7.11 Å². The first kappa shape index (κ1) is 16.1. The van der Waals surface area contributed by atoms with Gasteiger partial charge < -0.3 is 20.4 Å². The van der Waals surface area contributed by atoms with Gasteiger partial charge in [-0.1, -0.05) is 12.1 Å². The number of esters is 1. The predicted molar refractivity (Wildman–Crippen MR) is 66.8 cm³/mol. The zero-order valence-electron chi connectivity index (χ0n) is 11.0. The van der Waals surface area contributed by atoms with Crippen LogP contribution in [0.5, 0.6) is 0 Å². The van der Waals surface area contributed by atoms with E-state index in [2.05, 4.69) is 10.1 Å². The van der Waals surface area contributed by atoms with E-state index in [1.807, 2.05) is 0 Å². The zero-order chi connectivity index (χ0) is 15.3. The molecule has 0 bridgehead atoms. The number of amides is 1. The highest BCUT2D eigenvalue weighted by atomic mass is 16.8. The number of ether oxygens (including phenoxy) is 1. The Bertz CT molecular complexity index is 491. The smallest absolute Gasteiger partial charge is 0.331 e. The van der Waals surface area contributed by atoms with Gasteiger partial charge in [-0.15, -0.1) is 0 Å². The third-order valence-corrected chi connectivity index (χ3v) is 2.60. The van der Waals surface area contributed by atoms with Crippen LogP contribution in [0.25, 0.3) is 0 Å². The maximum absolute atomic E-state index is 11.6. The number of quaternary nitrogens is 1. The fourth-order valence-electron chi connectivity index (χ4n) is 1.66. The molecule has 3 atom stereocenters. The molecule has 0 radical (unpaired) electrons. The molecule has 110 valence electrons. The van der Waals surface area contributed by atoms with Crippen molar-refractivity contribution in [2.75, 3.05) is 7.11 Å². The topological polar surface area (TPSA) is 123 Å². The van der Waals surface area contributed by atoms with E-state index in [4.69, 9.17) is 5.21 Å². The van der Waals surface area contributed by atoms with Crippen LogP contribution in [0.15, 0.2) is 24.3 Å². The number of rotatable bonds is 5. The number of benzene rings is 1. The fraction of sp³-hybridized carbons (Fsp3) is 0.333. The number of aliphatic hydroxyl groups is 1. The van der Waals surface area contributed by atoms with E-state index in [9.17, 15) is 19.9 Å². The molecule has 3 unspecified atom stereocenters. The molecule has 0 fully saturated rings. The second-order valence-corrected chi connectivity index (χ2v) is 4.08. The van der Waals surface area contributed by atoms with Crippen LogP contribution in [-0.2, 0) is 14.3 Å². The summed E-state index contributed by atoms with van der Waals surface area (Å²) in [5, 5.41) is 31.0. The van der Waals surface area contributed by atoms with Gasteiger partial charge in [-0.05, 0) is 5.56 Å². The highest BCUT2D eigenvalue weighted by Crippen LogP contribution is 2.20. The first-order chi connectivity index (χ1) is 9.36. The van der Waals surface area contributed by atoms with Crippen molar-refractivity contribution in [2.24, 2.45) is 0 Å². The third-order valence-electron chi connectivity index (χ3n) is 2.60. The molecule has 8 heteroatoms. The average Bonchev–Trinajstić information content (AvgIpc) is 2.43. The summed E-state index contributed by atoms with van der Waals surface area (Å²) >= 11 is 0. The van der Waals surface area contributed by atoms with Crippen molar-refractivity contribution in [3.63, 3.8) is 0 Å². The molecule has 0 aliphatic carbocycles. The number of hydrogen-bond donors (Lipinski definition) is 4. The van der Waals surface area contributed by atoms with E-state index in [1.54, 1.807) is 0 Å². The highest BCUT2D eigenvalue weighted by molar-refractivity contribution is 5.83. The van der Waals surface area contributed by atoms with E-state index in [0.29, 0.717) is 0 Å². The molecular formula is C12H16N2O6. The first-order valence-electron chi connectivity index (χ1n) is 5.73. The molecule has 0 aromatic heterocycles. The Morgan fingerprint density at radius 3 is 2.60 bits per heavy atom. The minimum atomic E-state index is -1.41. The normalized spacial score (nSPS) is 15.1. The Kier molecular flexibility index (Phi) is 5.59. The van der Waals surface area contributed by atoms with Crippen LogP contribution in [0.3, 0.4) is 0 Å². The number of aliphatic hydroxyl groups excluding tert-OH is 1. The average molecular weight is 284 g/mol. The summed E-state index contributed by atoms with van der Waals surface area (Å²) < 4.78 is 4.50. The van der Waals surface area contributed by atoms with Crippen molar-refractivity contribution < 1.29 is 29.9 Å². The monoisotopic (exact) mass is 284 g/mol. The van der Waals surface area contributed by atoms with E-state index in [-0.39, 0.29) is 11.3 Å². The summed E-state index contributed by atoms with van der Waals surface area (Å²) in [6.07, 6.45) is -1.41. The minimum absolute atomic E-state index is 0.0343. The molecule has 4 N–H and O–H groups in total. The van der Waals surface area contributed by atoms with Crippen LogP contribution in [0.1, 0.15) is 18.6 Å². The summed E-state index contributed by atoms with van der Waals surface area (Å²) in [7, 11) is 1.12. The Balaban J connectivity index is 3.04. The summed E-state index contributed by atoms with van der Waals surface area (Å²) in [4.78, 5) is 22.6. The number of hydrogen-bond acceptors (Lipinski definition) is 6. The molecular weight excluding hydrogens is 268 g/mol. The number of carbonyl (C=O) groups excluding carboxylic acids is 2. The van der Waals surface area contributed by atoms with Crippen molar-refractivity contribution >= 4 is 17.6 Å². The van der Waals surface area contributed by atoms with Gasteiger partial charge in [0.05, 0.1) is 7.11 Å². The van der Waals surface area contributed by atoms with Gasteiger partial charge in [0.15, 0.2) is 11.7 Å². The molecule has 0 heterocycles. The van der Waals surface area contributed by atoms with Crippen molar-refractivity contribution in [3.05, 3.63) is 35.0 Å². The summed E-state index contributed by atoms with van der Waals surface area (Å²) in [6, 6.07) is 4.16.